The molecule has 4 atom stereocenters. The van der Waals surface area contributed by atoms with Crippen LogP contribution >= 0.6 is 0 Å². The highest BCUT2D eigenvalue weighted by molar-refractivity contribution is 6.06. The van der Waals surface area contributed by atoms with Crippen molar-refractivity contribution in [2.45, 2.75) is 6.04 Å². The van der Waals surface area contributed by atoms with E-state index in [0.717, 1.165) is 22.2 Å². The minimum Gasteiger partial charge on any atom is -0.338 e. The van der Waals surface area contributed by atoms with E-state index in [2.05, 4.69) is 18.7 Å². The molecule has 4 nitrogen and oxygen atoms in total. The molecule has 2 fully saturated rings. The van der Waals surface area contributed by atoms with Gasteiger partial charge in [0.05, 0.1) is 17.9 Å². The Morgan fingerprint density at radius 3 is 2.48 bits per heavy atom. The van der Waals surface area contributed by atoms with Gasteiger partial charge in [-0.05, 0) is 22.9 Å². The van der Waals surface area contributed by atoms with Gasteiger partial charge in [-0.1, -0.05) is 49.1 Å². The topological polar surface area (TPSA) is 40.6 Å². The van der Waals surface area contributed by atoms with E-state index in [1.54, 1.807) is 9.80 Å². The molecule has 0 N–H and O–H groups in total. The molecule has 3 aliphatic heterocycles. The van der Waals surface area contributed by atoms with Gasteiger partial charge in [0, 0.05) is 24.4 Å². The van der Waals surface area contributed by atoms with Crippen LogP contribution in [0.5, 0.6) is 0 Å². The maximum atomic E-state index is 13.2. The molecule has 4 heteroatoms. The average molecular weight is 330 g/mol. The van der Waals surface area contributed by atoms with Crippen molar-refractivity contribution in [3.05, 3.63) is 66.9 Å². The molecule has 3 heterocycles. The molecule has 2 saturated heterocycles. The molecule has 0 aromatic heterocycles. The van der Waals surface area contributed by atoms with E-state index in [-0.39, 0.29) is 35.6 Å². The number of carbonyl (C=O) groups excluding carboxylic acids is 2. The van der Waals surface area contributed by atoms with Gasteiger partial charge < -0.3 is 4.90 Å². The fraction of sp³-hybridized carbons (Fsp3) is 0.238. The van der Waals surface area contributed by atoms with Crippen LogP contribution in [0.2, 0.25) is 0 Å². The van der Waals surface area contributed by atoms with Crippen molar-refractivity contribution in [2.75, 3.05) is 11.9 Å². The molecule has 2 amide bonds. The number of hydrogen-bond acceptors (Lipinski definition) is 2. The Labute approximate surface area is 146 Å². The minimum atomic E-state index is -0.366. The van der Waals surface area contributed by atoms with Crippen molar-refractivity contribution in [1.29, 1.82) is 0 Å². The van der Waals surface area contributed by atoms with E-state index < -0.39 is 0 Å². The summed E-state index contributed by atoms with van der Waals surface area (Å²) in [6, 6.07) is 14.0. The number of nitrogens with zero attached hydrogens (tertiary/aromatic N) is 2. The summed E-state index contributed by atoms with van der Waals surface area (Å²) in [5, 5.41) is 2.22. The van der Waals surface area contributed by atoms with E-state index in [4.69, 9.17) is 0 Å². The molecular formula is C21H18N2O2. The highest BCUT2D eigenvalue weighted by Gasteiger charge is 2.58. The number of amides is 2. The molecule has 0 radical (unpaired) electrons. The summed E-state index contributed by atoms with van der Waals surface area (Å²) in [5.74, 6) is -0.689. The highest BCUT2D eigenvalue weighted by Crippen LogP contribution is 2.50. The number of likely N-dealkylation sites (N-methyl/N-ethyl adjacent to an activating group) is 1. The van der Waals surface area contributed by atoms with E-state index in [0.29, 0.717) is 0 Å². The van der Waals surface area contributed by atoms with E-state index >= 15 is 0 Å². The fourth-order valence-electron chi connectivity index (χ4n) is 4.66. The normalized spacial score (nSPS) is 30.5. The van der Waals surface area contributed by atoms with Gasteiger partial charge >= 0.3 is 0 Å². The maximum Gasteiger partial charge on any atom is 0.236 e. The highest BCUT2D eigenvalue weighted by atomic mass is 16.2. The SMILES string of the molecule is C=C1[C@@H]2C3C=CC(C(=O)N3C)[C@@H]2C(=O)N1c1ccc2ccccc2c1. The first-order chi connectivity index (χ1) is 12.1. The van der Waals surface area contributed by atoms with E-state index in [9.17, 15) is 9.59 Å². The third-order valence-corrected chi connectivity index (χ3v) is 5.91. The van der Waals surface area contributed by atoms with Crippen LogP contribution in [-0.4, -0.2) is 29.8 Å². The third-order valence-electron chi connectivity index (χ3n) is 5.91. The van der Waals surface area contributed by atoms with Crippen molar-refractivity contribution in [2.24, 2.45) is 17.8 Å². The second kappa shape index (κ2) is 4.82. The fourth-order valence-corrected chi connectivity index (χ4v) is 4.66. The molecule has 0 saturated carbocycles. The van der Waals surface area contributed by atoms with Crippen LogP contribution in [0.3, 0.4) is 0 Å². The Morgan fingerprint density at radius 2 is 1.68 bits per heavy atom. The number of benzene rings is 2. The predicted molar refractivity (Wildman–Crippen MR) is 96.7 cm³/mol. The van der Waals surface area contributed by atoms with Crippen molar-refractivity contribution >= 4 is 28.3 Å². The Balaban J connectivity index is 1.61. The van der Waals surface area contributed by atoms with Crippen LogP contribution < -0.4 is 4.90 Å². The van der Waals surface area contributed by atoms with Crippen molar-refractivity contribution < 1.29 is 9.59 Å². The second-order valence-corrected chi connectivity index (χ2v) is 7.10. The minimum absolute atomic E-state index is 0.00826. The number of fused-ring (bicyclic) bond motifs is 2. The molecule has 4 aliphatic rings. The zero-order valence-corrected chi connectivity index (χ0v) is 13.9. The maximum absolute atomic E-state index is 13.2. The lowest BCUT2D eigenvalue weighted by molar-refractivity contribution is -0.146. The van der Waals surface area contributed by atoms with Crippen molar-refractivity contribution in [3.8, 4) is 0 Å². The van der Waals surface area contributed by atoms with Gasteiger partial charge in [0.1, 0.15) is 0 Å². The molecular weight excluding hydrogens is 312 g/mol. The Morgan fingerprint density at radius 1 is 0.920 bits per heavy atom. The van der Waals surface area contributed by atoms with Gasteiger partial charge in [-0.3, -0.25) is 14.5 Å². The lowest BCUT2D eigenvalue weighted by atomic mass is 9.69. The largest absolute Gasteiger partial charge is 0.338 e. The molecule has 2 aromatic carbocycles. The Kier molecular flexibility index (Phi) is 2.79. The monoisotopic (exact) mass is 330 g/mol. The van der Waals surface area contributed by atoms with Crippen molar-refractivity contribution in [1.82, 2.24) is 4.90 Å². The zero-order chi connectivity index (χ0) is 17.3. The van der Waals surface area contributed by atoms with E-state index in [1.165, 1.54) is 0 Å². The molecule has 0 spiro atoms. The van der Waals surface area contributed by atoms with Crippen LogP contribution in [-0.2, 0) is 9.59 Å². The lowest BCUT2D eigenvalue weighted by Gasteiger charge is -2.45. The Bertz CT molecular complexity index is 977. The van der Waals surface area contributed by atoms with Gasteiger partial charge in [0.15, 0.2) is 0 Å². The predicted octanol–water partition coefficient (Wildman–Crippen LogP) is 2.96. The molecule has 2 unspecified atom stereocenters. The second-order valence-electron chi connectivity index (χ2n) is 7.10. The Hall–Kier alpha value is -2.88. The van der Waals surface area contributed by atoms with Crippen LogP contribution in [0.1, 0.15) is 0 Å². The molecule has 2 aromatic rings. The van der Waals surface area contributed by atoms with Gasteiger partial charge in [-0.25, -0.2) is 0 Å². The summed E-state index contributed by atoms with van der Waals surface area (Å²) in [6.07, 6.45) is 3.96. The van der Waals surface area contributed by atoms with Gasteiger partial charge in [-0.2, -0.15) is 0 Å². The van der Waals surface area contributed by atoms with Gasteiger partial charge in [0.2, 0.25) is 11.8 Å². The summed E-state index contributed by atoms with van der Waals surface area (Å²) in [4.78, 5) is 29.1. The van der Waals surface area contributed by atoms with Crippen molar-refractivity contribution in [3.63, 3.8) is 0 Å². The lowest BCUT2D eigenvalue weighted by Crippen LogP contribution is -2.56. The third kappa shape index (κ3) is 1.77. The first-order valence-corrected chi connectivity index (χ1v) is 8.54. The summed E-state index contributed by atoms with van der Waals surface area (Å²) in [6.45, 7) is 4.24. The molecule has 1 aliphatic carbocycles. The summed E-state index contributed by atoms with van der Waals surface area (Å²) < 4.78 is 0. The summed E-state index contributed by atoms with van der Waals surface area (Å²) >= 11 is 0. The van der Waals surface area contributed by atoms with Crippen LogP contribution in [0.25, 0.3) is 10.8 Å². The number of anilines is 1. The molecule has 2 bridgehead atoms. The smallest absolute Gasteiger partial charge is 0.236 e. The first kappa shape index (κ1) is 14.5. The number of carbonyl (C=O) groups is 2. The van der Waals surface area contributed by atoms with Gasteiger partial charge in [0.25, 0.3) is 0 Å². The van der Waals surface area contributed by atoms with Crippen LogP contribution in [0.4, 0.5) is 5.69 Å². The van der Waals surface area contributed by atoms with Crippen LogP contribution in [0.15, 0.2) is 66.9 Å². The zero-order valence-electron chi connectivity index (χ0n) is 13.9. The standard InChI is InChI=1S/C21H18N2O2/c1-12-18-17-10-9-16(20(24)22(17)2)19(18)21(25)23(12)15-8-7-13-5-3-4-6-14(13)11-15/h3-11,16-19H,1H2,2H3/t16?,17?,18-,19+/m1/s1. The average Bonchev–Trinajstić information content (AvgIpc) is 2.90. The quantitative estimate of drug-likeness (QED) is 0.754. The number of rotatable bonds is 1. The summed E-state index contributed by atoms with van der Waals surface area (Å²) in [7, 11) is 1.82. The summed E-state index contributed by atoms with van der Waals surface area (Å²) in [5.41, 5.74) is 1.63. The molecule has 6 rings (SSSR count). The van der Waals surface area contributed by atoms with Crippen LogP contribution in [0, 0.1) is 17.8 Å². The number of hydrogen-bond donors (Lipinski definition) is 0. The molecule has 25 heavy (non-hydrogen) atoms. The number of piperidine rings is 1. The molecule has 124 valence electrons. The van der Waals surface area contributed by atoms with E-state index in [1.807, 2.05) is 49.5 Å². The van der Waals surface area contributed by atoms with Gasteiger partial charge in [-0.15, -0.1) is 0 Å². The first-order valence-electron chi connectivity index (χ1n) is 8.54.